The van der Waals surface area contributed by atoms with Crippen molar-refractivity contribution in [1.82, 2.24) is 14.3 Å². The first-order valence-corrected chi connectivity index (χ1v) is 17.1. The number of dihydropyridines is 1. The molecule has 0 saturated heterocycles. The van der Waals surface area contributed by atoms with Crippen molar-refractivity contribution in [2.24, 2.45) is 9.98 Å². The van der Waals surface area contributed by atoms with Gasteiger partial charge in [-0.3, -0.25) is 4.57 Å². The topological polar surface area (TPSA) is 46.1 Å². The summed E-state index contributed by atoms with van der Waals surface area (Å²) in [6.45, 7) is 0. The van der Waals surface area contributed by atoms with Gasteiger partial charge in [0, 0.05) is 44.1 Å². The molecule has 12 rings (SSSR count). The Balaban J connectivity index is 1.39. The maximum absolute atomic E-state index is 5.44. The molecule has 0 fully saturated rings. The third-order valence-electron chi connectivity index (χ3n) is 10.8. The highest BCUT2D eigenvalue weighted by molar-refractivity contribution is 6.39. The van der Waals surface area contributed by atoms with Crippen LogP contribution in [0.15, 0.2) is 156 Å². The highest BCUT2D eigenvalue weighted by atomic mass is 15.2. The van der Waals surface area contributed by atoms with E-state index in [0.717, 1.165) is 34.0 Å². The first-order valence-electron chi connectivity index (χ1n) is 17.1. The van der Waals surface area contributed by atoms with Crippen molar-refractivity contribution < 1.29 is 0 Å². The largest absolute Gasteiger partial charge is 0.368 e. The fraction of sp³-hybridized carbons (Fsp3) is 0.0222. The Kier molecular flexibility index (Phi) is 4.97. The van der Waals surface area contributed by atoms with Crippen LogP contribution in [0.3, 0.4) is 0 Å². The van der Waals surface area contributed by atoms with Crippen LogP contribution in [0.25, 0.3) is 93.0 Å². The van der Waals surface area contributed by atoms with Gasteiger partial charge in [-0.2, -0.15) is 0 Å². The van der Waals surface area contributed by atoms with Gasteiger partial charge in [-0.05, 0) is 45.8 Å². The molecule has 0 bridgehead atoms. The van der Waals surface area contributed by atoms with E-state index in [2.05, 4.69) is 154 Å². The molecule has 5 nitrogen and oxygen atoms in total. The van der Waals surface area contributed by atoms with Crippen molar-refractivity contribution in [3.05, 3.63) is 151 Å². The zero-order chi connectivity index (χ0) is 32.5. The van der Waals surface area contributed by atoms with E-state index in [-0.39, 0.29) is 6.04 Å². The molecule has 0 saturated carbocycles. The molecule has 50 heavy (non-hydrogen) atoms. The number of amidine groups is 1. The summed E-state index contributed by atoms with van der Waals surface area (Å²) >= 11 is 0. The lowest BCUT2D eigenvalue weighted by Gasteiger charge is -2.28. The van der Waals surface area contributed by atoms with E-state index in [9.17, 15) is 0 Å². The van der Waals surface area contributed by atoms with Crippen molar-refractivity contribution in [1.29, 1.82) is 0 Å². The summed E-state index contributed by atoms with van der Waals surface area (Å²) in [6, 6.07) is 48.5. The Morgan fingerprint density at radius 3 is 2.06 bits per heavy atom. The molecule has 1 atom stereocenters. The third-order valence-corrected chi connectivity index (χ3v) is 10.8. The number of hydrogen-bond acceptors (Lipinski definition) is 3. The summed E-state index contributed by atoms with van der Waals surface area (Å²) in [6.07, 6.45) is 5.96. The molecular formula is C45H27N5. The highest BCUT2D eigenvalue weighted by Gasteiger charge is 2.30. The van der Waals surface area contributed by atoms with Gasteiger partial charge in [0.2, 0.25) is 0 Å². The molecule has 0 aliphatic carbocycles. The van der Waals surface area contributed by atoms with E-state index in [1.807, 2.05) is 12.3 Å². The average Bonchev–Trinajstić information content (AvgIpc) is 3.82. The predicted molar refractivity (Wildman–Crippen MR) is 211 cm³/mol. The summed E-state index contributed by atoms with van der Waals surface area (Å²) in [5, 5.41) is 16.3. The molecule has 1 unspecified atom stereocenters. The van der Waals surface area contributed by atoms with Crippen LogP contribution >= 0.6 is 0 Å². The number of allylic oxidation sites excluding steroid dienone is 1. The van der Waals surface area contributed by atoms with Crippen LogP contribution in [-0.2, 0) is 0 Å². The molecule has 10 aromatic rings. The minimum atomic E-state index is -0.107. The molecule has 5 heterocycles. The molecular weight excluding hydrogens is 611 g/mol. The Hall–Kier alpha value is -6.72. The fourth-order valence-electron chi connectivity index (χ4n) is 8.82. The second-order valence-corrected chi connectivity index (χ2v) is 13.4. The zero-order valence-electron chi connectivity index (χ0n) is 26.8. The maximum atomic E-state index is 5.44. The molecule has 0 spiro atoms. The van der Waals surface area contributed by atoms with E-state index in [4.69, 9.17) is 9.98 Å². The Morgan fingerprint density at radius 2 is 1.22 bits per heavy atom. The van der Waals surface area contributed by atoms with E-state index in [1.54, 1.807) is 0 Å². The first kappa shape index (κ1) is 26.3. The molecule has 232 valence electrons. The van der Waals surface area contributed by atoms with E-state index in [0.29, 0.717) is 0 Å². The SMILES string of the molecule is C1=CC2NC(c3ccccc3)=C(n3c4ccccc4c4c5ccccc5c5c6cccc7c8cc9ccccc9cc8n(c76)c5c43)N=C2N=C1. The lowest BCUT2D eigenvalue weighted by atomic mass is 9.97. The quantitative estimate of drug-likeness (QED) is 0.201. The van der Waals surface area contributed by atoms with Gasteiger partial charge in [0.05, 0.1) is 33.3 Å². The lowest BCUT2D eigenvalue weighted by molar-refractivity contribution is 0.860. The molecule has 5 heteroatoms. The Labute approximate surface area is 285 Å². The molecule has 7 aromatic carbocycles. The van der Waals surface area contributed by atoms with E-state index >= 15 is 0 Å². The molecule has 2 aliphatic rings. The minimum Gasteiger partial charge on any atom is -0.368 e. The maximum Gasteiger partial charge on any atom is 0.164 e. The third kappa shape index (κ3) is 3.26. The summed E-state index contributed by atoms with van der Waals surface area (Å²) in [7, 11) is 0. The summed E-state index contributed by atoms with van der Waals surface area (Å²) < 4.78 is 4.95. The van der Waals surface area contributed by atoms with Crippen LogP contribution in [0.1, 0.15) is 5.56 Å². The number of benzene rings is 7. The molecule has 3 aromatic heterocycles. The number of para-hydroxylation sites is 2. The van der Waals surface area contributed by atoms with Gasteiger partial charge >= 0.3 is 0 Å². The van der Waals surface area contributed by atoms with Crippen molar-refractivity contribution in [3.8, 4) is 0 Å². The van der Waals surface area contributed by atoms with E-state index in [1.165, 1.54) is 70.4 Å². The average molecular weight is 638 g/mol. The number of rotatable bonds is 2. The minimum absolute atomic E-state index is 0.107. The summed E-state index contributed by atoms with van der Waals surface area (Å²) in [5.74, 6) is 1.60. The number of nitrogens with one attached hydrogen (secondary N) is 1. The van der Waals surface area contributed by atoms with Crippen LogP contribution in [0, 0.1) is 0 Å². The van der Waals surface area contributed by atoms with Gasteiger partial charge < -0.3 is 9.72 Å². The molecule has 0 amide bonds. The van der Waals surface area contributed by atoms with Crippen LogP contribution in [0.5, 0.6) is 0 Å². The standard InChI is InChI=1S/C45H27N5/c1-2-12-26(13-3-1)40-45(48-44-35(47-40)21-11-23-46-44)50-36-22-9-8-18-32(36)38-29-16-6-7-17-30(29)39-33-20-10-19-31-34-24-27-14-4-5-15-28(27)25-37(34)49(41(31)33)42(39)43(38)50/h1-25,35,47H. The molecule has 2 aliphatic heterocycles. The zero-order valence-corrected chi connectivity index (χ0v) is 26.8. The van der Waals surface area contributed by atoms with Gasteiger partial charge in [-0.25, -0.2) is 9.98 Å². The Bertz CT molecular complexity index is 3220. The van der Waals surface area contributed by atoms with Crippen molar-refractivity contribution in [3.63, 3.8) is 0 Å². The smallest absolute Gasteiger partial charge is 0.164 e. The highest BCUT2D eigenvalue weighted by Crippen LogP contribution is 2.49. The monoisotopic (exact) mass is 637 g/mol. The Morgan fingerprint density at radius 1 is 0.540 bits per heavy atom. The van der Waals surface area contributed by atoms with Crippen LogP contribution in [-0.4, -0.2) is 27.1 Å². The van der Waals surface area contributed by atoms with Gasteiger partial charge in [0.25, 0.3) is 0 Å². The van der Waals surface area contributed by atoms with Gasteiger partial charge in [-0.1, -0.05) is 121 Å². The molecule has 1 N–H and O–H groups in total. The number of aliphatic imine (C=N–C) groups is 2. The predicted octanol–water partition coefficient (Wildman–Crippen LogP) is 10.5. The van der Waals surface area contributed by atoms with Crippen molar-refractivity contribution in [2.75, 3.05) is 0 Å². The van der Waals surface area contributed by atoms with Gasteiger partial charge in [0.15, 0.2) is 11.7 Å². The number of aromatic nitrogens is 2. The van der Waals surface area contributed by atoms with Crippen LogP contribution in [0.2, 0.25) is 0 Å². The van der Waals surface area contributed by atoms with Gasteiger partial charge in [0.1, 0.15) is 6.04 Å². The first-order chi connectivity index (χ1) is 24.8. The number of nitrogens with zero attached hydrogens (tertiary/aromatic N) is 4. The fourth-order valence-corrected chi connectivity index (χ4v) is 8.82. The number of hydrogen-bond donors (Lipinski definition) is 1. The second-order valence-electron chi connectivity index (χ2n) is 13.4. The number of fused-ring (bicyclic) bond motifs is 15. The van der Waals surface area contributed by atoms with Crippen molar-refractivity contribution in [2.45, 2.75) is 6.04 Å². The normalized spacial score (nSPS) is 16.2. The lowest BCUT2D eigenvalue weighted by Crippen LogP contribution is -2.38. The van der Waals surface area contributed by atoms with Gasteiger partial charge in [-0.15, -0.1) is 0 Å². The van der Waals surface area contributed by atoms with Crippen molar-refractivity contribution >= 4 is 105 Å². The second kappa shape index (κ2) is 9.46. The molecule has 0 radical (unpaired) electrons. The summed E-state index contributed by atoms with van der Waals surface area (Å²) in [5.41, 5.74) is 7.99. The summed E-state index contributed by atoms with van der Waals surface area (Å²) in [4.78, 5) is 10.2. The van der Waals surface area contributed by atoms with Crippen LogP contribution < -0.4 is 5.32 Å². The van der Waals surface area contributed by atoms with Crippen LogP contribution in [0.4, 0.5) is 0 Å². The van der Waals surface area contributed by atoms with E-state index < -0.39 is 0 Å².